The monoisotopic (exact) mass is 426 g/mol. The van der Waals surface area contributed by atoms with Crippen LogP contribution in [0.25, 0.3) is 22.6 Å². The Morgan fingerprint density at radius 1 is 1.04 bits per heavy atom. The molecule has 4 aromatic rings. The molecule has 1 heterocycles. The van der Waals surface area contributed by atoms with Gasteiger partial charge >= 0.3 is 0 Å². The van der Waals surface area contributed by atoms with Gasteiger partial charge < -0.3 is 9.73 Å². The van der Waals surface area contributed by atoms with E-state index in [0.29, 0.717) is 33.3 Å². The molecule has 0 bridgehead atoms. The number of nitrogens with zero attached hydrogens (tertiary/aromatic N) is 1. The Bertz CT molecular complexity index is 1110. The lowest BCUT2D eigenvalue weighted by Crippen LogP contribution is -2.12. The average Bonchev–Trinajstić information content (AvgIpc) is 3.08. The molecule has 4 rings (SSSR count). The van der Waals surface area contributed by atoms with E-state index in [-0.39, 0.29) is 5.91 Å². The highest BCUT2D eigenvalue weighted by Gasteiger charge is 2.13. The number of halogens is 2. The maximum absolute atomic E-state index is 12.5. The van der Waals surface area contributed by atoms with Crippen molar-refractivity contribution >= 4 is 50.2 Å². The van der Waals surface area contributed by atoms with Crippen molar-refractivity contribution in [2.24, 2.45) is 0 Å². The first-order valence-corrected chi connectivity index (χ1v) is 9.00. The van der Waals surface area contributed by atoms with Gasteiger partial charge in [0.15, 0.2) is 5.58 Å². The minimum atomic E-state index is -0.289. The van der Waals surface area contributed by atoms with Gasteiger partial charge in [0.25, 0.3) is 5.91 Å². The molecule has 0 aliphatic carbocycles. The third kappa shape index (κ3) is 3.36. The summed E-state index contributed by atoms with van der Waals surface area (Å²) in [6.07, 6.45) is 0. The number of hydrogen-bond acceptors (Lipinski definition) is 3. The number of fused-ring (bicyclic) bond motifs is 1. The molecule has 4 nitrogen and oxygen atoms in total. The zero-order valence-electron chi connectivity index (χ0n) is 13.4. The average molecular weight is 428 g/mol. The van der Waals surface area contributed by atoms with Crippen molar-refractivity contribution in [3.63, 3.8) is 0 Å². The quantitative estimate of drug-likeness (QED) is 0.426. The lowest BCUT2D eigenvalue weighted by Gasteiger charge is -2.07. The fourth-order valence-electron chi connectivity index (χ4n) is 2.58. The van der Waals surface area contributed by atoms with Crippen LogP contribution in [0.2, 0.25) is 5.02 Å². The summed E-state index contributed by atoms with van der Waals surface area (Å²) in [5, 5.41) is 3.23. The second-order valence-electron chi connectivity index (χ2n) is 5.65. The fourth-order valence-corrected chi connectivity index (χ4v) is 3.14. The molecule has 0 radical (unpaired) electrons. The Morgan fingerprint density at radius 2 is 1.85 bits per heavy atom. The van der Waals surface area contributed by atoms with Crippen LogP contribution in [0.15, 0.2) is 75.6 Å². The maximum Gasteiger partial charge on any atom is 0.257 e. The summed E-state index contributed by atoms with van der Waals surface area (Å²) in [7, 11) is 0. The molecule has 6 heteroatoms. The first-order valence-electron chi connectivity index (χ1n) is 7.82. The van der Waals surface area contributed by atoms with Crippen LogP contribution >= 0.6 is 27.5 Å². The van der Waals surface area contributed by atoms with Crippen LogP contribution in [-0.2, 0) is 0 Å². The topological polar surface area (TPSA) is 55.1 Å². The lowest BCUT2D eigenvalue weighted by molar-refractivity contribution is 0.102. The molecule has 0 spiro atoms. The van der Waals surface area contributed by atoms with Crippen molar-refractivity contribution in [2.45, 2.75) is 0 Å². The van der Waals surface area contributed by atoms with Crippen molar-refractivity contribution < 1.29 is 9.21 Å². The number of amides is 1. The summed E-state index contributed by atoms with van der Waals surface area (Å²) in [5.41, 5.74) is 3.23. The summed E-state index contributed by atoms with van der Waals surface area (Å²) >= 11 is 9.46. The van der Waals surface area contributed by atoms with E-state index in [0.717, 1.165) is 10.0 Å². The number of rotatable bonds is 3. The molecule has 1 amide bonds. The van der Waals surface area contributed by atoms with Gasteiger partial charge in [-0.05, 0) is 48.5 Å². The molecule has 0 saturated heterocycles. The molecule has 26 heavy (non-hydrogen) atoms. The van der Waals surface area contributed by atoms with Crippen molar-refractivity contribution in [2.75, 3.05) is 5.32 Å². The molecule has 0 aliphatic rings. The van der Waals surface area contributed by atoms with Gasteiger partial charge in [0.05, 0.1) is 10.6 Å². The number of anilines is 1. The van der Waals surface area contributed by atoms with E-state index in [1.54, 1.807) is 36.4 Å². The molecule has 0 saturated carbocycles. The van der Waals surface area contributed by atoms with Gasteiger partial charge in [0.1, 0.15) is 5.52 Å². The van der Waals surface area contributed by atoms with Gasteiger partial charge in [0, 0.05) is 15.7 Å². The standard InChI is InChI=1S/C20H12BrClN2O2/c21-13-6-8-16(22)15(10-13)19(25)23-14-7-9-18-17(11-14)24-20(26-18)12-4-2-1-3-5-12/h1-11H,(H,23,25). The van der Waals surface area contributed by atoms with Crippen LogP contribution < -0.4 is 5.32 Å². The van der Waals surface area contributed by atoms with Crippen LogP contribution in [0, 0.1) is 0 Å². The zero-order chi connectivity index (χ0) is 18.1. The molecule has 0 atom stereocenters. The molecule has 0 aliphatic heterocycles. The minimum Gasteiger partial charge on any atom is -0.436 e. The highest BCUT2D eigenvalue weighted by atomic mass is 79.9. The van der Waals surface area contributed by atoms with Crippen LogP contribution in [0.4, 0.5) is 5.69 Å². The first-order chi connectivity index (χ1) is 12.6. The van der Waals surface area contributed by atoms with Crippen molar-refractivity contribution in [1.29, 1.82) is 0 Å². The summed E-state index contributed by atoms with van der Waals surface area (Å²) in [6, 6.07) is 20.1. The summed E-state index contributed by atoms with van der Waals surface area (Å²) in [4.78, 5) is 17.0. The normalized spacial score (nSPS) is 10.8. The number of benzene rings is 3. The second-order valence-corrected chi connectivity index (χ2v) is 6.97. The zero-order valence-corrected chi connectivity index (χ0v) is 15.7. The third-order valence-corrected chi connectivity index (χ3v) is 4.66. The Morgan fingerprint density at radius 3 is 2.65 bits per heavy atom. The molecule has 1 N–H and O–H groups in total. The Hall–Kier alpha value is -2.63. The predicted octanol–water partition coefficient (Wildman–Crippen LogP) is 6.16. The number of hydrogen-bond donors (Lipinski definition) is 1. The van der Waals surface area contributed by atoms with Gasteiger partial charge in [-0.1, -0.05) is 45.7 Å². The molecule has 128 valence electrons. The number of carbonyl (C=O) groups is 1. The Kier molecular flexibility index (Phi) is 4.49. The smallest absolute Gasteiger partial charge is 0.257 e. The van der Waals surface area contributed by atoms with Crippen molar-refractivity contribution in [3.8, 4) is 11.5 Å². The summed E-state index contributed by atoms with van der Waals surface area (Å²) < 4.78 is 6.57. The van der Waals surface area contributed by atoms with E-state index < -0.39 is 0 Å². The summed E-state index contributed by atoms with van der Waals surface area (Å²) in [6.45, 7) is 0. The van der Waals surface area contributed by atoms with Crippen LogP contribution in [0.5, 0.6) is 0 Å². The molecule has 1 aromatic heterocycles. The number of nitrogens with one attached hydrogen (secondary N) is 1. The number of aromatic nitrogens is 1. The SMILES string of the molecule is O=C(Nc1ccc2oc(-c3ccccc3)nc2c1)c1cc(Br)ccc1Cl. The minimum absolute atomic E-state index is 0.289. The lowest BCUT2D eigenvalue weighted by atomic mass is 10.2. The summed E-state index contributed by atoms with van der Waals surface area (Å²) in [5.74, 6) is 0.251. The molecular formula is C20H12BrClN2O2. The van der Waals surface area contributed by atoms with E-state index in [4.69, 9.17) is 16.0 Å². The fraction of sp³-hybridized carbons (Fsp3) is 0. The highest BCUT2D eigenvalue weighted by molar-refractivity contribution is 9.10. The van der Waals surface area contributed by atoms with Crippen molar-refractivity contribution in [1.82, 2.24) is 4.98 Å². The third-order valence-electron chi connectivity index (χ3n) is 3.84. The van der Waals surface area contributed by atoms with Gasteiger partial charge in [0.2, 0.25) is 5.89 Å². The van der Waals surface area contributed by atoms with E-state index in [9.17, 15) is 4.79 Å². The van der Waals surface area contributed by atoms with E-state index in [1.807, 2.05) is 30.3 Å². The van der Waals surface area contributed by atoms with Crippen LogP contribution in [0.3, 0.4) is 0 Å². The molecule has 3 aromatic carbocycles. The van der Waals surface area contributed by atoms with Gasteiger partial charge in [-0.2, -0.15) is 0 Å². The van der Waals surface area contributed by atoms with E-state index >= 15 is 0 Å². The molecule has 0 unspecified atom stereocenters. The van der Waals surface area contributed by atoms with Crippen LogP contribution in [0.1, 0.15) is 10.4 Å². The number of oxazole rings is 1. The Labute approximate surface area is 162 Å². The second kappa shape index (κ2) is 6.94. The van der Waals surface area contributed by atoms with Gasteiger partial charge in [-0.15, -0.1) is 0 Å². The van der Waals surface area contributed by atoms with Gasteiger partial charge in [-0.25, -0.2) is 4.98 Å². The number of carbonyl (C=O) groups excluding carboxylic acids is 1. The van der Waals surface area contributed by atoms with Gasteiger partial charge in [-0.3, -0.25) is 4.79 Å². The molecular weight excluding hydrogens is 416 g/mol. The largest absolute Gasteiger partial charge is 0.436 e. The molecule has 0 fully saturated rings. The van der Waals surface area contributed by atoms with Crippen molar-refractivity contribution in [3.05, 3.63) is 81.8 Å². The maximum atomic E-state index is 12.5. The Balaban J connectivity index is 1.63. The first kappa shape index (κ1) is 16.8. The highest BCUT2D eigenvalue weighted by Crippen LogP contribution is 2.27. The van der Waals surface area contributed by atoms with E-state index in [2.05, 4.69) is 26.2 Å². The van der Waals surface area contributed by atoms with Crippen LogP contribution in [-0.4, -0.2) is 10.9 Å². The van der Waals surface area contributed by atoms with E-state index in [1.165, 1.54) is 0 Å². The predicted molar refractivity (Wildman–Crippen MR) is 107 cm³/mol.